The van der Waals surface area contributed by atoms with Gasteiger partial charge < -0.3 is 15.1 Å². The maximum atomic E-state index is 12.0. The van der Waals surface area contributed by atoms with Gasteiger partial charge in [0.2, 0.25) is 12.6 Å². The molecule has 2 aromatic rings. The minimum Gasteiger partial charge on any atom is -0.814 e. The number of benzene rings is 2. The topological polar surface area (TPSA) is 67.9 Å². The van der Waals surface area contributed by atoms with Gasteiger partial charge in [-0.25, -0.2) is 0 Å². The number of hydrogen-bond acceptors (Lipinski definition) is 4. The van der Waals surface area contributed by atoms with Crippen molar-refractivity contribution in [3.63, 3.8) is 0 Å². The van der Waals surface area contributed by atoms with Crippen molar-refractivity contribution in [3.8, 4) is 0 Å². The van der Waals surface area contributed by atoms with Crippen LogP contribution in [-0.4, -0.2) is 22.6 Å². The highest BCUT2D eigenvalue weighted by molar-refractivity contribution is 6.30. The Morgan fingerprint density at radius 3 is 2.55 bits per heavy atom. The van der Waals surface area contributed by atoms with Gasteiger partial charge in [-0.15, -0.1) is 0 Å². The SMILES string of the molecule is [O-]C1ON=[N+](CC(O)c2ccc(Cl)cc2)C1c1ccccc1. The second-order valence-corrected chi connectivity index (χ2v) is 5.54. The van der Waals surface area contributed by atoms with Gasteiger partial charge in [0.15, 0.2) is 5.28 Å². The predicted molar refractivity (Wildman–Crippen MR) is 78.0 cm³/mol. The number of aliphatic hydroxyl groups is 1. The van der Waals surface area contributed by atoms with Crippen LogP contribution in [-0.2, 0) is 4.84 Å². The van der Waals surface area contributed by atoms with E-state index in [1.807, 2.05) is 30.3 Å². The first-order valence-corrected chi connectivity index (χ1v) is 7.30. The molecule has 0 saturated carbocycles. The van der Waals surface area contributed by atoms with Gasteiger partial charge >= 0.3 is 0 Å². The number of rotatable bonds is 4. The zero-order chi connectivity index (χ0) is 15.5. The molecule has 114 valence electrons. The number of aliphatic hydroxyl groups excluding tert-OH is 1. The van der Waals surface area contributed by atoms with Gasteiger partial charge in [-0.2, -0.15) is 0 Å². The molecule has 0 amide bonds. The van der Waals surface area contributed by atoms with E-state index in [2.05, 4.69) is 5.28 Å². The summed E-state index contributed by atoms with van der Waals surface area (Å²) in [5.74, 6) is 0. The van der Waals surface area contributed by atoms with Crippen LogP contribution in [0.1, 0.15) is 23.3 Å². The fourth-order valence-corrected chi connectivity index (χ4v) is 2.58. The van der Waals surface area contributed by atoms with E-state index in [1.54, 1.807) is 24.3 Å². The Labute approximate surface area is 133 Å². The summed E-state index contributed by atoms with van der Waals surface area (Å²) in [6, 6.07) is 15.6. The summed E-state index contributed by atoms with van der Waals surface area (Å²) in [5, 5.41) is 26.7. The van der Waals surface area contributed by atoms with Crippen molar-refractivity contribution in [2.75, 3.05) is 6.54 Å². The van der Waals surface area contributed by atoms with Gasteiger partial charge in [-0.1, -0.05) is 58.8 Å². The lowest BCUT2D eigenvalue weighted by Crippen LogP contribution is -2.35. The molecule has 1 heterocycles. The van der Waals surface area contributed by atoms with Crippen molar-refractivity contribution < 1.29 is 19.7 Å². The third-order valence-electron chi connectivity index (χ3n) is 3.59. The third kappa shape index (κ3) is 3.11. The second-order valence-electron chi connectivity index (χ2n) is 5.10. The second kappa shape index (κ2) is 6.44. The average Bonchev–Trinajstić information content (AvgIpc) is 2.89. The highest BCUT2D eigenvalue weighted by atomic mass is 35.5. The molecule has 3 rings (SSSR count). The number of nitrogens with zero attached hydrogens (tertiary/aromatic N) is 2. The molecule has 0 saturated heterocycles. The van der Waals surface area contributed by atoms with Crippen molar-refractivity contribution in [2.24, 2.45) is 5.28 Å². The van der Waals surface area contributed by atoms with E-state index in [4.69, 9.17) is 16.4 Å². The first-order valence-electron chi connectivity index (χ1n) is 6.93. The van der Waals surface area contributed by atoms with E-state index in [0.717, 1.165) is 5.56 Å². The molecule has 2 aromatic carbocycles. The van der Waals surface area contributed by atoms with E-state index in [1.165, 1.54) is 4.70 Å². The summed E-state index contributed by atoms with van der Waals surface area (Å²) in [6.07, 6.45) is -2.10. The molecular weight excluding hydrogens is 304 g/mol. The zero-order valence-electron chi connectivity index (χ0n) is 11.7. The average molecular weight is 319 g/mol. The van der Waals surface area contributed by atoms with Crippen LogP contribution in [0.4, 0.5) is 0 Å². The fraction of sp³-hybridized carbons (Fsp3) is 0.250. The quantitative estimate of drug-likeness (QED) is 0.879. The maximum Gasteiger partial charge on any atom is 0.231 e. The van der Waals surface area contributed by atoms with Gasteiger partial charge in [0.25, 0.3) is 0 Å². The minimum atomic E-state index is -1.31. The molecule has 0 fully saturated rings. The summed E-state index contributed by atoms with van der Waals surface area (Å²) in [4.78, 5) is 4.85. The summed E-state index contributed by atoms with van der Waals surface area (Å²) in [6.45, 7) is 0.167. The first kappa shape index (κ1) is 15.0. The molecule has 6 heteroatoms. The van der Waals surface area contributed by atoms with Crippen molar-refractivity contribution in [1.29, 1.82) is 0 Å². The molecule has 0 bridgehead atoms. The maximum absolute atomic E-state index is 12.0. The highest BCUT2D eigenvalue weighted by Gasteiger charge is 2.37. The normalized spacial score (nSPS) is 22.0. The first-order chi connectivity index (χ1) is 10.6. The molecule has 0 radical (unpaired) electrons. The summed E-state index contributed by atoms with van der Waals surface area (Å²) < 4.78 is 1.49. The van der Waals surface area contributed by atoms with Crippen LogP contribution in [0.15, 0.2) is 59.9 Å². The van der Waals surface area contributed by atoms with Crippen LogP contribution in [0.25, 0.3) is 0 Å². The Kier molecular flexibility index (Phi) is 4.38. The lowest BCUT2D eigenvalue weighted by molar-refractivity contribution is -0.650. The molecule has 0 aromatic heterocycles. The molecule has 0 spiro atoms. The standard InChI is InChI=1S/C16H15ClN2O3/c17-13-8-6-11(7-9-13)14(20)10-19-15(16(21)22-18-19)12-4-2-1-3-5-12/h1-9,14-16,20H,10H2. The minimum absolute atomic E-state index is 0.167. The van der Waals surface area contributed by atoms with E-state index < -0.39 is 18.4 Å². The van der Waals surface area contributed by atoms with Crippen molar-refractivity contribution in [2.45, 2.75) is 18.4 Å². The lowest BCUT2D eigenvalue weighted by Gasteiger charge is -2.18. The summed E-state index contributed by atoms with van der Waals surface area (Å²) in [7, 11) is 0. The van der Waals surface area contributed by atoms with Crippen LogP contribution in [0.2, 0.25) is 5.02 Å². The van der Waals surface area contributed by atoms with Gasteiger partial charge in [0, 0.05) is 10.6 Å². The van der Waals surface area contributed by atoms with Crippen molar-refractivity contribution in [1.82, 2.24) is 0 Å². The Balaban J connectivity index is 1.77. The monoisotopic (exact) mass is 318 g/mol. The molecule has 22 heavy (non-hydrogen) atoms. The van der Waals surface area contributed by atoms with Crippen LogP contribution < -0.4 is 5.11 Å². The van der Waals surface area contributed by atoms with E-state index in [9.17, 15) is 10.2 Å². The zero-order valence-corrected chi connectivity index (χ0v) is 12.4. The van der Waals surface area contributed by atoms with Gasteiger partial charge in [-0.05, 0) is 17.7 Å². The molecule has 1 aliphatic heterocycles. The summed E-state index contributed by atoms with van der Waals surface area (Å²) in [5.41, 5.74) is 1.52. The Morgan fingerprint density at radius 2 is 1.86 bits per heavy atom. The largest absolute Gasteiger partial charge is 0.814 e. The van der Waals surface area contributed by atoms with Crippen molar-refractivity contribution in [3.05, 3.63) is 70.7 Å². The Morgan fingerprint density at radius 1 is 1.18 bits per heavy atom. The van der Waals surface area contributed by atoms with Crippen LogP contribution in [0, 0.1) is 0 Å². The molecule has 1 aliphatic rings. The molecular formula is C16H15ClN2O3. The number of β-amino-alcohol motifs (C(OH)–C–C–N with tert-alkyl or cyclic N) is 1. The highest BCUT2D eigenvalue weighted by Crippen LogP contribution is 2.28. The van der Waals surface area contributed by atoms with Gasteiger partial charge in [-0.3, -0.25) is 0 Å². The van der Waals surface area contributed by atoms with Crippen LogP contribution >= 0.6 is 11.6 Å². The Hall–Kier alpha value is -1.95. The number of hydrogen-bond donors (Lipinski definition) is 1. The fourth-order valence-electron chi connectivity index (χ4n) is 2.45. The molecule has 0 aliphatic carbocycles. The predicted octanol–water partition coefficient (Wildman–Crippen LogP) is 2.21. The van der Waals surface area contributed by atoms with Crippen molar-refractivity contribution >= 4 is 11.6 Å². The van der Waals surface area contributed by atoms with Crippen LogP contribution in [0.5, 0.6) is 0 Å². The molecule has 3 atom stereocenters. The van der Waals surface area contributed by atoms with E-state index >= 15 is 0 Å². The Bertz CT molecular complexity index is 661. The van der Waals surface area contributed by atoms with E-state index in [-0.39, 0.29) is 6.54 Å². The molecule has 3 unspecified atom stereocenters. The third-order valence-corrected chi connectivity index (χ3v) is 3.84. The molecule has 1 N–H and O–H groups in total. The van der Waals surface area contributed by atoms with Gasteiger partial charge in [0.05, 0.1) is 0 Å². The smallest absolute Gasteiger partial charge is 0.231 e. The number of halogens is 1. The van der Waals surface area contributed by atoms with E-state index in [0.29, 0.717) is 10.6 Å². The van der Waals surface area contributed by atoms with Crippen LogP contribution in [0.3, 0.4) is 0 Å². The summed E-state index contributed by atoms with van der Waals surface area (Å²) >= 11 is 5.84. The van der Waals surface area contributed by atoms with Gasteiger partial charge in [0.1, 0.15) is 12.4 Å². The molecule has 5 nitrogen and oxygen atoms in total. The lowest BCUT2D eigenvalue weighted by atomic mass is 10.0.